The largest absolute Gasteiger partial charge is 0.504 e. The Morgan fingerprint density at radius 2 is 2.12 bits per heavy atom. The molecule has 5 heteroatoms. The van der Waals surface area contributed by atoms with Crippen molar-refractivity contribution in [3.8, 4) is 11.5 Å². The molecule has 0 saturated heterocycles. The summed E-state index contributed by atoms with van der Waals surface area (Å²) >= 11 is 0. The van der Waals surface area contributed by atoms with Crippen molar-refractivity contribution in [1.29, 1.82) is 0 Å². The molecule has 0 bridgehead atoms. The highest BCUT2D eigenvalue weighted by Gasteiger charge is 2.14. The van der Waals surface area contributed by atoms with Crippen molar-refractivity contribution in [2.45, 2.75) is 6.42 Å². The number of aromatic hydroxyl groups is 1. The molecule has 5 nitrogen and oxygen atoms in total. The summed E-state index contributed by atoms with van der Waals surface area (Å²) in [5.41, 5.74) is -0.0441. The smallest absolute Gasteiger partial charge is 0.339 e. The van der Waals surface area contributed by atoms with E-state index in [0.717, 1.165) is 0 Å². The third-order valence-corrected chi connectivity index (χ3v) is 1.96. The molecular formula is C11H14O5. The normalized spacial score (nSPS) is 10.1. The van der Waals surface area contributed by atoms with Gasteiger partial charge in [-0.1, -0.05) is 6.07 Å². The zero-order valence-corrected chi connectivity index (χ0v) is 8.97. The molecule has 0 atom stereocenters. The van der Waals surface area contributed by atoms with Gasteiger partial charge < -0.3 is 19.7 Å². The molecule has 0 radical (unpaired) electrons. The van der Waals surface area contributed by atoms with Crippen LogP contribution in [0.25, 0.3) is 0 Å². The number of aromatic carboxylic acids is 1. The lowest BCUT2D eigenvalue weighted by Crippen LogP contribution is -2.06. The number of phenolic OH excluding ortho intramolecular Hbond substituents is 1. The van der Waals surface area contributed by atoms with E-state index >= 15 is 0 Å². The first-order valence-electron chi connectivity index (χ1n) is 4.84. The summed E-state index contributed by atoms with van der Waals surface area (Å²) in [7, 11) is 1.57. The number of rotatable bonds is 6. The number of carboxylic acids is 1. The molecule has 88 valence electrons. The summed E-state index contributed by atoms with van der Waals surface area (Å²) in [6.45, 7) is 0.821. The second-order valence-electron chi connectivity index (χ2n) is 3.15. The monoisotopic (exact) mass is 226 g/mol. The molecule has 0 amide bonds. The molecule has 0 heterocycles. The van der Waals surface area contributed by atoms with Crippen molar-refractivity contribution in [2.24, 2.45) is 0 Å². The fourth-order valence-corrected chi connectivity index (χ4v) is 1.22. The van der Waals surface area contributed by atoms with Crippen LogP contribution in [-0.2, 0) is 4.74 Å². The van der Waals surface area contributed by atoms with Crippen LogP contribution in [0.3, 0.4) is 0 Å². The summed E-state index contributed by atoms with van der Waals surface area (Å²) in [5.74, 6) is -1.29. The quantitative estimate of drug-likeness (QED) is 0.719. The van der Waals surface area contributed by atoms with Gasteiger partial charge in [0.2, 0.25) is 0 Å². The molecule has 1 aromatic rings. The topological polar surface area (TPSA) is 76.0 Å². The summed E-state index contributed by atoms with van der Waals surface area (Å²) < 4.78 is 10.0. The third kappa shape index (κ3) is 3.13. The van der Waals surface area contributed by atoms with Crippen LogP contribution in [0.5, 0.6) is 11.5 Å². The van der Waals surface area contributed by atoms with Gasteiger partial charge >= 0.3 is 5.97 Å². The molecule has 0 aliphatic heterocycles. The summed E-state index contributed by atoms with van der Waals surface area (Å²) in [5, 5.41) is 18.4. The summed E-state index contributed by atoms with van der Waals surface area (Å²) in [4.78, 5) is 10.8. The average molecular weight is 226 g/mol. The maximum Gasteiger partial charge on any atom is 0.339 e. The predicted octanol–water partition coefficient (Wildman–Crippen LogP) is 1.51. The van der Waals surface area contributed by atoms with E-state index in [-0.39, 0.29) is 17.1 Å². The van der Waals surface area contributed by atoms with Crippen LogP contribution in [-0.4, -0.2) is 36.5 Å². The minimum absolute atomic E-state index is 0.00565. The lowest BCUT2D eigenvalue weighted by molar-refractivity contribution is 0.0690. The highest BCUT2D eigenvalue weighted by Crippen LogP contribution is 2.29. The fourth-order valence-electron chi connectivity index (χ4n) is 1.22. The van der Waals surface area contributed by atoms with Crippen LogP contribution in [0.15, 0.2) is 18.2 Å². The van der Waals surface area contributed by atoms with Crippen LogP contribution < -0.4 is 4.74 Å². The zero-order valence-electron chi connectivity index (χ0n) is 8.97. The van der Waals surface area contributed by atoms with Crippen molar-refractivity contribution >= 4 is 5.97 Å². The molecule has 1 aromatic carbocycles. The number of hydrogen-bond donors (Lipinski definition) is 2. The minimum atomic E-state index is -1.13. The Kier molecular flexibility index (Phi) is 4.60. The number of carboxylic acid groups (broad SMARTS) is 1. The van der Waals surface area contributed by atoms with Gasteiger partial charge in [-0.25, -0.2) is 4.79 Å². The number of para-hydroxylation sites is 1. The van der Waals surface area contributed by atoms with E-state index in [0.29, 0.717) is 19.6 Å². The first-order chi connectivity index (χ1) is 7.66. The maximum absolute atomic E-state index is 10.8. The lowest BCUT2D eigenvalue weighted by Gasteiger charge is -2.10. The SMILES string of the molecule is COCCCOc1c(O)cccc1C(=O)O. The minimum Gasteiger partial charge on any atom is -0.504 e. The van der Waals surface area contributed by atoms with Crippen LogP contribution in [0.1, 0.15) is 16.8 Å². The van der Waals surface area contributed by atoms with Crippen molar-refractivity contribution in [1.82, 2.24) is 0 Å². The fraction of sp³-hybridized carbons (Fsp3) is 0.364. The molecule has 0 unspecified atom stereocenters. The Morgan fingerprint density at radius 1 is 1.38 bits per heavy atom. The zero-order chi connectivity index (χ0) is 12.0. The number of ether oxygens (including phenoxy) is 2. The highest BCUT2D eigenvalue weighted by atomic mass is 16.5. The van der Waals surface area contributed by atoms with E-state index in [9.17, 15) is 9.90 Å². The van der Waals surface area contributed by atoms with Crippen LogP contribution in [0.2, 0.25) is 0 Å². The number of methoxy groups -OCH3 is 1. The number of carbonyl (C=O) groups is 1. The van der Waals surface area contributed by atoms with Gasteiger partial charge in [0.1, 0.15) is 5.56 Å². The van der Waals surface area contributed by atoms with E-state index in [1.807, 2.05) is 0 Å². The van der Waals surface area contributed by atoms with Crippen LogP contribution >= 0.6 is 0 Å². The van der Waals surface area contributed by atoms with Gasteiger partial charge in [-0.3, -0.25) is 0 Å². The molecule has 0 saturated carbocycles. The molecule has 0 aliphatic rings. The molecule has 1 rings (SSSR count). The standard InChI is InChI=1S/C11H14O5/c1-15-6-3-7-16-10-8(11(13)14)4-2-5-9(10)12/h2,4-5,12H,3,6-7H2,1H3,(H,13,14). The van der Waals surface area contributed by atoms with Gasteiger partial charge in [0.05, 0.1) is 6.61 Å². The molecule has 0 aromatic heterocycles. The molecule has 2 N–H and O–H groups in total. The van der Waals surface area contributed by atoms with E-state index in [2.05, 4.69) is 0 Å². The van der Waals surface area contributed by atoms with Gasteiger partial charge in [-0.2, -0.15) is 0 Å². The van der Waals surface area contributed by atoms with E-state index in [1.165, 1.54) is 18.2 Å². The van der Waals surface area contributed by atoms with Crippen molar-refractivity contribution in [3.05, 3.63) is 23.8 Å². The Bertz CT molecular complexity index is 361. The average Bonchev–Trinajstić information content (AvgIpc) is 2.25. The predicted molar refractivity (Wildman–Crippen MR) is 57.1 cm³/mol. The second-order valence-corrected chi connectivity index (χ2v) is 3.15. The molecular weight excluding hydrogens is 212 g/mol. The van der Waals surface area contributed by atoms with Gasteiger partial charge in [-0.05, 0) is 12.1 Å². The number of benzene rings is 1. The number of phenols is 1. The van der Waals surface area contributed by atoms with Gasteiger partial charge in [0.15, 0.2) is 11.5 Å². The Balaban J connectivity index is 2.73. The van der Waals surface area contributed by atoms with Gasteiger partial charge in [0.25, 0.3) is 0 Å². The summed E-state index contributed by atoms with van der Waals surface area (Å²) in [6, 6.07) is 4.23. The van der Waals surface area contributed by atoms with Gasteiger partial charge in [0, 0.05) is 20.1 Å². The first-order valence-corrected chi connectivity index (χ1v) is 4.84. The maximum atomic E-state index is 10.8. The lowest BCUT2D eigenvalue weighted by atomic mass is 10.2. The van der Waals surface area contributed by atoms with Crippen molar-refractivity contribution in [2.75, 3.05) is 20.3 Å². The summed E-state index contributed by atoms with van der Waals surface area (Å²) in [6.07, 6.45) is 0.629. The van der Waals surface area contributed by atoms with Crippen LogP contribution in [0.4, 0.5) is 0 Å². The Labute approximate surface area is 93.2 Å². The molecule has 0 spiro atoms. The van der Waals surface area contributed by atoms with Gasteiger partial charge in [-0.15, -0.1) is 0 Å². The van der Waals surface area contributed by atoms with E-state index < -0.39 is 5.97 Å². The molecule has 0 aliphatic carbocycles. The highest BCUT2D eigenvalue weighted by molar-refractivity contribution is 5.91. The first kappa shape index (κ1) is 12.3. The molecule has 16 heavy (non-hydrogen) atoms. The molecule has 0 fully saturated rings. The second kappa shape index (κ2) is 5.97. The Hall–Kier alpha value is -1.75. The van der Waals surface area contributed by atoms with Crippen molar-refractivity contribution < 1.29 is 24.5 Å². The number of hydrogen-bond acceptors (Lipinski definition) is 4. The van der Waals surface area contributed by atoms with Crippen molar-refractivity contribution in [3.63, 3.8) is 0 Å². The third-order valence-electron chi connectivity index (χ3n) is 1.96. The van der Waals surface area contributed by atoms with E-state index in [4.69, 9.17) is 14.6 Å². The Morgan fingerprint density at radius 3 is 2.75 bits per heavy atom. The van der Waals surface area contributed by atoms with E-state index in [1.54, 1.807) is 7.11 Å². The van der Waals surface area contributed by atoms with Crippen LogP contribution in [0, 0.1) is 0 Å².